The zero-order valence-electron chi connectivity index (χ0n) is 25.8. The summed E-state index contributed by atoms with van der Waals surface area (Å²) in [6.07, 6.45) is 1.72. The quantitative estimate of drug-likeness (QED) is 0.166. The van der Waals surface area contributed by atoms with Crippen LogP contribution in [-0.4, -0.2) is 24.3 Å². The van der Waals surface area contributed by atoms with E-state index in [1.54, 1.807) is 43.3 Å². The summed E-state index contributed by atoms with van der Waals surface area (Å²) in [5.74, 6) is -0.144. The van der Waals surface area contributed by atoms with Crippen molar-refractivity contribution in [3.8, 4) is 17.6 Å². The summed E-state index contributed by atoms with van der Waals surface area (Å²) < 4.78 is 33.7. The fourth-order valence-electron chi connectivity index (χ4n) is 5.35. The van der Waals surface area contributed by atoms with Gasteiger partial charge in [0.05, 0.1) is 51.7 Å². The Bertz CT molecular complexity index is 2260. The molecule has 0 aliphatic carbocycles. The third-order valence-electron chi connectivity index (χ3n) is 7.58. The monoisotopic (exact) mass is 723 g/mol. The summed E-state index contributed by atoms with van der Waals surface area (Å²) in [4.78, 5) is 33.0. The van der Waals surface area contributed by atoms with Gasteiger partial charge in [0.25, 0.3) is 5.56 Å². The molecule has 0 amide bonds. The number of halogens is 2. The van der Waals surface area contributed by atoms with Crippen LogP contribution >= 0.6 is 27.3 Å². The van der Waals surface area contributed by atoms with Crippen molar-refractivity contribution in [1.82, 2.24) is 4.57 Å². The standard InChI is InChI=1S/C37H27BrFN3O5S/c1-3-46-36(44)31-32(25-7-5-4-6-8-25)41-37-42(33(31)26-13-15-27(39)16-14-26)35(43)30(48-37)19-24-17-28(38)34(29(18-24)45-2)47-21-23-11-9-22(20-40)10-12-23/h4-19,33H,3,21H2,1-2H3/b30-19-/t33-/m0/s1. The van der Waals surface area contributed by atoms with Gasteiger partial charge in [0.2, 0.25) is 0 Å². The van der Waals surface area contributed by atoms with Crippen LogP contribution in [0.1, 0.15) is 40.8 Å². The molecule has 4 aromatic carbocycles. The number of nitriles is 1. The minimum absolute atomic E-state index is 0.120. The molecule has 0 unspecified atom stereocenters. The van der Waals surface area contributed by atoms with Crippen LogP contribution in [0.15, 0.2) is 111 Å². The number of hydrogen-bond acceptors (Lipinski definition) is 8. The number of esters is 1. The molecule has 1 atom stereocenters. The number of thiazole rings is 1. The molecule has 0 saturated carbocycles. The van der Waals surface area contributed by atoms with Crippen molar-refractivity contribution in [3.05, 3.63) is 154 Å². The number of methoxy groups -OCH3 is 1. The van der Waals surface area contributed by atoms with E-state index < -0.39 is 17.8 Å². The molecule has 11 heteroatoms. The number of carbonyl (C=O) groups excluding carboxylic acids is 1. The summed E-state index contributed by atoms with van der Waals surface area (Å²) in [7, 11) is 1.53. The first-order chi connectivity index (χ1) is 23.3. The third kappa shape index (κ3) is 6.58. The molecule has 240 valence electrons. The smallest absolute Gasteiger partial charge is 0.338 e. The van der Waals surface area contributed by atoms with E-state index >= 15 is 0 Å². The summed E-state index contributed by atoms with van der Waals surface area (Å²) in [6, 6.07) is 26.8. The SMILES string of the molecule is CCOC(=O)C1=C(c2ccccc2)N=c2s/c(=C\c3cc(Br)c(OCc4ccc(C#N)cc4)c(OC)c3)c(=O)n2[C@H]1c1ccc(F)cc1. The first-order valence-corrected chi connectivity index (χ1v) is 16.5. The minimum atomic E-state index is -0.919. The molecule has 2 heterocycles. The van der Waals surface area contributed by atoms with E-state index in [0.29, 0.717) is 53.3 Å². The molecule has 8 nitrogen and oxygen atoms in total. The second-order valence-corrected chi connectivity index (χ2v) is 12.5. The maximum absolute atomic E-state index is 14.2. The van der Waals surface area contributed by atoms with Crippen molar-refractivity contribution in [3.63, 3.8) is 0 Å². The summed E-state index contributed by atoms with van der Waals surface area (Å²) in [5.41, 5.74) is 3.48. The Labute approximate surface area is 287 Å². The lowest BCUT2D eigenvalue weighted by Crippen LogP contribution is -2.40. The number of hydrogen-bond donors (Lipinski definition) is 0. The van der Waals surface area contributed by atoms with Crippen LogP contribution in [0, 0.1) is 17.1 Å². The highest BCUT2D eigenvalue weighted by Crippen LogP contribution is 2.38. The number of rotatable bonds is 9. The first-order valence-electron chi connectivity index (χ1n) is 14.8. The Kier molecular flexibility index (Phi) is 9.66. The minimum Gasteiger partial charge on any atom is -0.493 e. The molecule has 5 aromatic rings. The Balaban J connectivity index is 1.47. The fourth-order valence-corrected chi connectivity index (χ4v) is 6.92. The Hall–Kier alpha value is -5.31. The van der Waals surface area contributed by atoms with Crippen LogP contribution in [0.2, 0.25) is 0 Å². The van der Waals surface area contributed by atoms with Crippen molar-refractivity contribution in [1.29, 1.82) is 5.26 Å². The second kappa shape index (κ2) is 14.2. The van der Waals surface area contributed by atoms with E-state index in [2.05, 4.69) is 22.0 Å². The normalized spacial score (nSPS) is 14.1. The number of benzene rings is 4. The maximum Gasteiger partial charge on any atom is 0.338 e. The van der Waals surface area contributed by atoms with Crippen LogP contribution < -0.4 is 24.4 Å². The third-order valence-corrected chi connectivity index (χ3v) is 9.15. The Morgan fingerprint density at radius 1 is 1.08 bits per heavy atom. The number of aromatic nitrogens is 1. The predicted octanol–water partition coefficient (Wildman–Crippen LogP) is 6.30. The Morgan fingerprint density at radius 2 is 1.81 bits per heavy atom. The molecule has 0 bridgehead atoms. The van der Waals surface area contributed by atoms with Gasteiger partial charge >= 0.3 is 5.97 Å². The van der Waals surface area contributed by atoms with Gasteiger partial charge in [-0.15, -0.1) is 0 Å². The lowest BCUT2D eigenvalue weighted by atomic mass is 9.93. The van der Waals surface area contributed by atoms with Crippen molar-refractivity contribution in [2.24, 2.45) is 4.99 Å². The molecule has 1 aliphatic rings. The van der Waals surface area contributed by atoms with Crippen molar-refractivity contribution < 1.29 is 23.4 Å². The molecule has 0 radical (unpaired) electrons. The first kappa shape index (κ1) is 32.6. The molecule has 48 heavy (non-hydrogen) atoms. The lowest BCUT2D eigenvalue weighted by Gasteiger charge is -2.25. The lowest BCUT2D eigenvalue weighted by molar-refractivity contribution is -0.138. The van der Waals surface area contributed by atoms with Crippen LogP contribution in [0.5, 0.6) is 11.5 Å². The molecule has 0 N–H and O–H groups in total. The maximum atomic E-state index is 14.2. The van der Waals surface area contributed by atoms with E-state index in [4.69, 9.17) is 24.5 Å². The number of ether oxygens (including phenoxy) is 3. The van der Waals surface area contributed by atoms with Crippen molar-refractivity contribution >= 4 is 45.0 Å². The largest absolute Gasteiger partial charge is 0.493 e. The van der Waals surface area contributed by atoms with E-state index in [0.717, 1.165) is 5.56 Å². The van der Waals surface area contributed by atoms with Crippen molar-refractivity contribution in [2.75, 3.05) is 13.7 Å². The van der Waals surface area contributed by atoms with E-state index in [-0.39, 0.29) is 24.3 Å². The number of carbonyl (C=O) groups is 1. The summed E-state index contributed by atoms with van der Waals surface area (Å²) >= 11 is 4.76. The van der Waals surface area contributed by atoms with Crippen molar-refractivity contribution in [2.45, 2.75) is 19.6 Å². The van der Waals surface area contributed by atoms with E-state index in [9.17, 15) is 14.0 Å². The molecular formula is C37H27BrFN3O5S. The average Bonchev–Trinajstić information content (AvgIpc) is 3.41. The van der Waals surface area contributed by atoms with E-state index in [1.165, 1.54) is 35.1 Å². The molecule has 0 saturated heterocycles. The number of nitrogens with zero attached hydrogens (tertiary/aromatic N) is 3. The fraction of sp³-hybridized carbons (Fsp3) is 0.135. The molecule has 0 spiro atoms. The van der Waals surface area contributed by atoms with E-state index in [1.807, 2.05) is 48.5 Å². The zero-order chi connectivity index (χ0) is 33.8. The Morgan fingerprint density at radius 3 is 2.48 bits per heavy atom. The topological polar surface area (TPSA) is 103 Å². The molecular weight excluding hydrogens is 697 g/mol. The van der Waals surface area contributed by atoms with Gasteiger partial charge in [-0.3, -0.25) is 9.36 Å². The van der Waals surface area contributed by atoms with Crippen LogP contribution in [0.25, 0.3) is 11.8 Å². The average molecular weight is 725 g/mol. The van der Waals surface area contributed by atoms with Gasteiger partial charge in [-0.1, -0.05) is 65.9 Å². The highest BCUT2D eigenvalue weighted by molar-refractivity contribution is 9.10. The molecule has 0 fully saturated rings. The van der Waals surface area contributed by atoms with Crippen LogP contribution in [-0.2, 0) is 16.1 Å². The summed E-state index contributed by atoms with van der Waals surface area (Å²) in [6.45, 7) is 2.07. The van der Waals surface area contributed by atoms with Crippen LogP contribution in [0.3, 0.4) is 0 Å². The highest BCUT2D eigenvalue weighted by atomic mass is 79.9. The highest BCUT2D eigenvalue weighted by Gasteiger charge is 2.35. The van der Waals surface area contributed by atoms with Gasteiger partial charge in [-0.2, -0.15) is 5.26 Å². The van der Waals surface area contributed by atoms with Gasteiger partial charge in [0.1, 0.15) is 12.4 Å². The van der Waals surface area contributed by atoms with Gasteiger partial charge in [0, 0.05) is 5.56 Å². The van der Waals surface area contributed by atoms with Gasteiger partial charge < -0.3 is 14.2 Å². The number of fused-ring (bicyclic) bond motifs is 1. The van der Waals surface area contributed by atoms with Gasteiger partial charge in [-0.25, -0.2) is 14.2 Å². The molecule has 1 aromatic heterocycles. The van der Waals surface area contributed by atoms with Crippen LogP contribution in [0.4, 0.5) is 4.39 Å². The zero-order valence-corrected chi connectivity index (χ0v) is 28.2. The second-order valence-electron chi connectivity index (χ2n) is 10.6. The molecule has 6 rings (SSSR count). The molecule has 1 aliphatic heterocycles. The van der Waals surface area contributed by atoms with Gasteiger partial charge in [0.15, 0.2) is 16.3 Å². The summed E-state index contributed by atoms with van der Waals surface area (Å²) in [5, 5.41) is 9.06. The van der Waals surface area contributed by atoms with Gasteiger partial charge in [-0.05, 0) is 82.0 Å². The predicted molar refractivity (Wildman–Crippen MR) is 184 cm³/mol.